The second-order valence-corrected chi connectivity index (χ2v) is 7.89. The number of pyridine rings is 1. The van der Waals surface area contributed by atoms with E-state index in [9.17, 15) is 0 Å². The summed E-state index contributed by atoms with van der Waals surface area (Å²) >= 11 is 0. The predicted octanol–water partition coefficient (Wildman–Crippen LogP) is 2.70. The molecule has 146 valence electrons. The number of anilines is 1. The maximum atomic E-state index is 5.83. The number of nitrogens with zero attached hydrogens (tertiary/aromatic N) is 4. The Balaban J connectivity index is 1.46. The topological polar surface area (TPSA) is 78.6 Å². The van der Waals surface area contributed by atoms with Crippen LogP contribution in [0.1, 0.15) is 45.3 Å². The molecule has 0 saturated carbocycles. The normalized spacial score (nSPS) is 16.4. The van der Waals surface area contributed by atoms with Crippen LogP contribution in [0.3, 0.4) is 0 Å². The largest absolute Gasteiger partial charge is 0.443 e. The number of aromatic nitrogens is 2. The van der Waals surface area contributed by atoms with Crippen molar-refractivity contribution in [3.8, 4) is 0 Å². The van der Waals surface area contributed by atoms with Gasteiger partial charge >= 0.3 is 0 Å². The van der Waals surface area contributed by atoms with Crippen LogP contribution in [0.5, 0.6) is 0 Å². The standard InChI is InChI=1S/C20H30N6O/c1-20(2,3)16-13-23-18(27-16)14-24-19(21-4)25-15-8-11-26(12-9-15)17-7-5-6-10-22-17/h5-7,10,13,15H,8-9,11-12,14H2,1-4H3,(H2,21,24,25). The SMILES string of the molecule is CN=C(NCc1ncc(C(C)(C)C)o1)NC1CCN(c2ccccn2)CC1. The molecule has 7 nitrogen and oxygen atoms in total. The number of hydrogen-bond acceptors (Lipinski definition) is 5. The quantitative estimate of drug-likeness (QED) is 0.636. The molecule has 2 aromatic rings. The molecule has 1 saturated heterocycles. The van der Waals surface area contributed by atoms with E-state index < -0.39 is 0 Å². The van der Waals surface area contributed by atoms with Crippen LogP contribution in [-0.2, 0) is 12.0 Å². The molecule has 0 atom stereocenters. The molecule has 2 aromatic heterocycles. The first-order valence-electron chi connectivity index (χ1n) is 9.54. The molecule has 1 fully saturated rings. The molecule has 0 amide bonds. The maximum Gasteiger partial charge on any atom is 0.213 e. The first kappa shape index (κ1) is 19.2. The number of hydrogen-bond donors (Lipinski definition) is 2. The van der Waals surface area contributed by atoms with Crippen LogP contribution in [0.2, 0.25) is 0 Å². The second-order valence-electron chi connectivity index (χ2n) is 7.89. The third-order valence-electron chi connectivity index (χ3n) is 4.73. The minimum absolute atomic E-state index is 0.0350. The van der Waals surface area contributed by atoms with Gasteiger partial charge < -0.3 is 20.0 Å². The van der Waals surface area contributed by atoms with Gasteiger partial charge in [0.15, 0.2) is 5.96 Å². The zero-order valence-electron chi connectivity index (χ0n) is 16.7. The number of piperidine rings is 1. The average Bonchev–Trinajstić information content (AvgIpc) is 3.16. The lowest BCUT2D eigenvalue weighted by molar-refractivity contribution is 0.379. The highest BCUT2D eigenvalue weighted by atomic mass is 16.4. The third kappa shape index (κ3) is 5.21. The number of aliphatic imine (C=N–C) groups is 1. The summed E-state index contributed by atoms with van der Waals surface area (Å²) in [6, 6.07) is 6.44. The molecular weight excluding hydrogens is 340 g/mol. The lowest BCUT2D eigenvalue weighted by Crippen LogP contribution is -2.48. The van der Waals surface area contributed by atoms with E-state index in [1.165, 1.54) is 0 Å². The van der Waals surface area contributed by atoms with Gasteiger partial charge in [-0.25, -0.2) is 9.97 Å². The molecule has 1 aliphatic rings. The van der Waals surface area contributed by atoms with Gasteiger partial charge in [0.1, 0.15) is 11.6 Å². The highest BCUT2D eigenvalue weighted by molar-refractivity contribution is 5.79. The predicted molar refractivity (Wildman–Crippen MR) is 108 cm³/mol. The lowest BCUT2D eigenvalue weighted by Gasteiger charge is -2.33. The van der Waals surface area contributed by atoms with Crippen LogP contribution in [0, 0.1) is 0 Å². The van der Waals surface area contributed by atoms with Crippen LogP contribution >= 0.6 is 0 Å². The second kappa shape index (κ2) is 8.41. The van der Waals surface area contributed by atoms with Crippen LogP contribution in [0.15, 0.2) is 40.0 Å². The van der Waals surface area contributed by atoms with Gasteiger partial charge in [0.2, 0.25) is 5.89 Å². The van der Waals surface area contributed by atoms with Gasteiger partial charge in [-0.2, -0.15) is 0 Å². The minimum atomic E-state index is -0.0350. The van der Waals surface area contributed by atoms with Crippen LogP contribution < -0.4 is 15.5 Å². The first-order chi connectivity index (χ1) is 13.0. The summed E-state index contributed by atoms with van der Waals surface area (Å²) < 4.78 is 5.83. The highest BCUT2D eigenvalue weighted by Crippen LogP contribution is 2.22. The third-order valence-corrected chi connectivity index (χ3v) is 4.73. The van der Waals surface area contributed by atoms with Gasteiger partial charge in [-0.05, 0) is 25.0 Å². The van der Waals surface area contributed by atoms with E-state index in [2.05, 4.69) is 57.3 Å². The Bertz CT molecular complexity index is 741. The summed E-state index contributed by atoms with van der Waals surface area (Å²) in [6.07, 6.45) is 5.74. The zero-order valence-corrected chi connectivity index (χ0v) is 16.7. The molecule has 0 unspecified atom stereocenters. The van der Waals surface area contributed by atoms with E-state index in [0.29, 0.717) is 18.5 Å². The Morgan fingerprint density at radius 2 is 2.04 bits per heavy atom. The van der Waals surface area contributed by atoms with Gasteiger partial charge in [0.05, 0.1) is 12.7 Å². The molecular formula is C20H30N6O. The smallest absolute Gasteiger partial charge is 0.213 e. The van der Waals surface area contributed by atoms with E-state index in [0.717, 1.165) is 43.5 Å². The van der Waals surface area contributed by atoms with Crippen molar-refractivity contribution in [1.29, 1.82) is 0 Å². The van der Waals surface area contributed by atoms with Crippen molar-refractivity contribution in [3.63, 3.8) is 0 Å². The molecule has 2 N–H and O–H groups in total. The molecule has 3 heterocycles. The number of rotatable bonds is 4. The Morgan fingerprint density at radius 3 is 2.63 bits per heavy atom. The van der Waals surface area contributed by atoms with Crippen molar-refractivity contribution in [1.82, 2.24) is 20.6 Å². The summed E-state index contributed by atoms with van der Waals surface area (Å²) in [5.41, 5.74) is -0.0350. The van der Waals surface area contributed by atoms with Crippen molar-refractivity contribution >= 4 is 11.8 Å². The van der Waals surface area contributed by atoms with Gasteiger partial charge in [-0.1, -0.05) is 26.8 Å². The Hall–Kier alpha value is -2.57. The van der Waals surface area contributed by atoms with Gasteiger partial charge in [0, 0.05) is 37.8 Å². The lowest BCUT2D eigenvalue weighted by atomic mass is 9.94. The summed E-state index contributed by atoms with van der Waals surface area (Å²) in [6.45, 7) is 8.83. The van der Waals surface area contributed by atoms with Crippen LogP contribution in [-0.4, -0.2) is 42.1 Å². The molecule has 0 aromatic carbocycles. The number of oxazole rings is 1. The van der Waals surface area contributed by atoms with Crippen LogP contribution in [0.25, 0.3) is 0 Å². The molecule has 0 radical (unpaired) electrons. The van der Waals surface area contributed by atoms with Gasteiger partial charge in [-0.15, -0.1) is 0 Å². The zero-order chi connectivity index (χ0) is 19.3. The van der Waals surface area contributed by atoms with E-state index in [1.54, 1.807) is 13.2 Å². The van der Waals surface area contributed by atoms with Crippen molar-refractivity contribution in [2.45, 2.75) is 51.6 Å². The van der Waals surface area contributed by atoms with Crippen LogP contribution in [0.4, 0.5) is 5.82 Å². The highest BCUT2D eigenvalue weighted by Gasteiger charge is 2.21. The van der Waals surface area contributed by atoms with Gasteiger partial charge in [0.25, 0.3) is 0 Å². The minimum Gasteiger partial charge on any atom is -0.443 e. The Morgan fingerprint density at radius 1 is 1.26 bits per heavy atom. The molecule has 27 heavy (non-hydrogen) atoms. The maximum absolute atomic E-state index is 5.83. The van der Waals surface area contributed by atoms with E-state index >= 15 is 0 Å². The van der Waals surface area contributed by atoms with Crippen molar-refractivity contribution in [3.05, 3.63) is 42.2 Å². The molecule has 0 bridgehead atoms. The molecule has 0 spiro atoms. The summed E-state index contributed by atoms with van der Waals surface area (Å²) in [7, 11) is 1.79. The molecule has 7 heteroatoms. The Kier molecular flexibility index (Phi) is 5.98. The fourth-order valence-corrected chi connectivity index (χ4v) is 3.08. The number of nitrogens with one attached hydrogen (secondary N) is 2. The molecule has 1 aliphatic heterocycles. The van der Waals surface area contributed by atoms with Crippen molar-refractivity contribution < 1.29 is 4.42 Å². The first-order valence-corrected chi connectivity index (χ1v) is 9.54. The average molecular weight is 371 g/mol. The van der Waals surface area contributed by atoms with E-state index in [4.69, 9.17) is 4.42 Å². The van der Waals surface area contributed by atoms with Gasteiger partial charge in [-0.3, -0.25) is 4.99 Å². The monoisotopic (exact) mass is 370 g/mol. The molecule has 3 rings (SSSR count). The van der Waals surface area contributed by atoms with E-state index in [1.807, 2.05) is 18.3 Å². The Labute approximate surface area is 161 Å². The fraction of sp³-hybridized carbons (Fsp3) is 0.550. The summed E-state index contributed by atoms with van der Waals surface area (Å²) in [5.74, 6) is 3.40. The summed E-state index contributed by atoms with van der Waals surface area (Å²) in [5, 5.41) is 6.80. The van der Waals surface area contributed by atoms with Crippen molar-refractivity contribution in [2.24, 2.45) is 4.99 Å². The summed E-state index contributed by atoms with van der Waals surface area (Å²) in [4.78, 5) is 15.4. The van der Waals surface area contributed by atoms with Crippen molar-refractivity contribution in [2.75, 3.05) is 25.0 Å². The van der Waals surface area contributed by atoms with E-state index in [-0.39, 0.29) is 5.41 Å². The molecule has 0 aliphatic carbocycles. The fourth-order valence-electron chi connectivity index (χ4n) is 3.08. The number of guanidine groups is 1.